The Morgan fingerprint density at radius 2 is 2.04 bits per heavy atom. The minimum absolute atomic E-state index is 0.270. The third-order valence-electron chi connectivity index (χ3n) is 5.52. The molecular weight excluding hydrogens is 288 g/mol. The lowest BCUT2D eigenvalue weighted by atomic mass is 9.78. The molecule has 1 spiro atoms. The second-order valence-electron chi connectivity index (χ2n) is 7.01. The predicted molar refractivity (Wildman–Crippen MR) is 90.1 cm³/mol. The van der Waals surface area contributed by atoms with Crippen molar-refractivity contribution < 1.29 is 4.79 Å². The molecular formula is C18H24N4O. The van der Waals surface area contributed by atoms with Crippen LogP contribution in [0.1, 0.15) is 31.5 Å². The molecule has 0 unspecified atom stereocenters. The summed E-state index contributed by atoms with van der Waals surface area (Å²) in [4.78, 5) is 22.4. The summed E-state index contributed by atoms with van der Waals surface area (Å²) in [6.07, 6.45) is 4.81. The summed E-state index contributed by atoms with van der Waals surface area (Å²) >= 11 is 0. The number of carbonyl (C=O) groups excluding carboxylic acids is 1. The molecule has 1 aromatic carbocycles. The summed E-state index contributed by atoms with van der Waals surface area (Å²) in [7, 11) is 0. The number of amides is 1. The number of H-pyrrole nitrogens is 1. The summed E-state index contributed by atoms with van der Waals surface area (Å²) in [5.74, 6) is 1.18. The van der Waals surface area contributed by atoms with Crippen molar-refractivity contribution >= 4 is 16.9 Å². The first-order valence-electron chi connectivity index (χ1n) is 8.66. The van der Waals surface area contributed by atoms with E-state index >= 15 is 0 Å². The molecule has 2 aromatic rings. The molecule has 2 fully saturated rings. The van der Waals surface area contributed by atoms with Crippen molar-refractivity contribution in [3.8, 4) is 0 Å². The Balaban J connectivity index is 1.32. The van der Waals surface area contributed by atoms with Gasteiger partial charge in [-0.2, -0.15) is 0 Å². The number of rotatable bonds is 3. The van der Waals surface area contributed by atoms with Crippen molar-refractivity contribution in [1.82, 2.24) is 20.2 Å². The number of carbonyl (C=O) groups is 1. The summed E-state index contributed by atoms with van der Waals surface area (Å²) in [6.45, 7) is 4.11. The molecule has 5 nitrogen and oxygen atoms in total. The van der Waals surface area contributed by atoms with Crippen molar-refractivity contribution in [2.24, 2.45) is 5.41 Å². The number of aromatic nitrogens is 2. The normalized spacial score (nSPS) is 20.4. The molecule has 0 saturated carbocycles. The van der Waals surface area contributed by atoms with Gasteiger partial charge in [-0.05, 0) is 43.4 Å². The van der Waals surface area contributed by atoms with Gasteiger partial charge in [0.2, 0.25) is 5.91 Å². The number of nitrogens with zero attached hydrogens (tertiary/aromatic N) is 2. The van der Waals surface area contributed by atoms with Crippen molar-refractivity contribution in [2.45, 2.75) is 32.1 Å². The highest BCUT2D eigenvalue weighted by Gasteiger charge is 2.37. The van der Waals surface area contributed by atoms with Gasteiger partial charge in [-0.15, -0.1) is 0 Å². The first-order chi connectivity index (χ1) is 11.2. The summed E-state index contributed by atoms with van der Waals surface area (Å²) in [5, 5.41) is 3.47. The molecule has 2 aliphatic heterocycles. The fourth-order valence-electron chi connectivity index (χ4n) is 3.96. The largest absolute Gasteiger partial charge is 0.343 e. The van der Waals surface area contributed by atoms with Gasteiger partial charge in [-0.25, -0.2) is 4.98 Å². The Bertz CT molecular complexity index is 659. The molecule has 1 amide bonds. The number of benzene rings is 1. The number of nitrogens with one attached hydrogen (secondary N) is 2. The van der Waals surface area contributed by atoms with Gasteiger partial charge in [-0.3, -0.25) is 4.79 Å². The van der Waals surface area contributed by atoms with E-state index in [1.165, 1.54) is 6.42 Å². The molecule has 23 heavy (non-hydrogen) atoms. The molecule has 3 heterocycles. The van der Waals surface area contributed by atoms with Gasteiger partial charge >= 0.3 is 0 Å². The number of imidazole rings is 1. The molecule has 0 bridgehead atoms. The molecule has 122 valence electrons. The Kier molecular flexibility index (Phi) is 3.81. The second-order valence-corrected chi connectivity index (χ2v) is 7.01. The fourth-order valence-corrected chi connectivity index (χ4v) is 3.96. The predicted octanol–water partition coefficient (Wildman–Crippen LogP) is 2.10. The number of aromatic amines is 1. The molecule has 2 saturated heterocycles. The van der Waals surface area contributed by atoms with Crippen molar-refractivity contribution in [2.75, 3.05) is 26.2 Å². The molecule has 1 aromatic heterocycles. The van der Waals surface area contributed by atoms with E-state index in [9.17, 15) is 4.79 Å². The van der Waals surface area contributed by atoms with Crippen LogP contribution in [0.2, 0.25) is 0 Å². The van der Waals surface area contributed by atoms with E-state index in [0.29, 0.717) is 18.3 Å². The van der Waals surface area contributed by atoms with E-state index in [1.807, 2.05) is 29.2 Å². The van der Waals surface area contributed by atoms with Gasteiger partial charge in [0, 0.05) is 32.5 Å². The van der Waals surface area contributed by atoms with Crippen molar-refractivity contribution in [3.05, 3.63) is 30.1 Å². The quantitative estimate of drug-likeness (QED) is 0.912. The van der Waals surface area contributed by atoms with Crippen LogP contribution in [0, 0.1) is 5.41 Å². The van der Waals surface area contributed by atoms with Crippen LogP contribution < -0.4 is 5.32 Å². The zero-order valence-electron chi connectivity index (χ0n) is 13.5. The van der Waals surface area contributed by atoms with Gasteiger partial charge < -0.3 is 15.2 Å². The van der Waals surface area contributed by atoms with Crippen LogP contribution >= 0.6 is 0 Å². The molecule has 2 aliphatic rings. The smallest absolute Gasteiger partial charge is 0.223 e. The van der Waals surface area contributed by atoms with E-state index in [1.54, 1.807) is 0 Å². The third kappa shape index (κ3) is 2.98. The summed E-state index contributed by atoms with van der Waals surface area (Å²) < 4.78 is 0. The lowest BCUT2D eigenvalue weighted by Gasteiger charge is -2.38. The van der Waals surface area contributed by atoms with E-state index in [4.69, 9.17) is 0 Å². The lowest BCUT2D eigenvalue weighted by molar-refractivity contribution is -0.133. The Morgan fingerprint density at radius 1 is 1.22 bits per heavy atom. The molecule has 0 atom stereocenters. The number of para-hydroxylation sites is 2. The average molecular weight is 312 g/mol. The second kappa shape index (κ2) is 5.96. The molecule has 2 N–H and O–H groups in total. The van der Waals surface area contributed by atoms with Crippen molar-refractivity contribution in [3.63, 3.8) is 0 Å². The Labute approximate surface area is 136 Å². The Hall–Kier alpha value is -1.88. The van der Waals surface area contributed by atoms with E-state index in [0.717, 1.165) is 55.9 Å². The standard InChI is InChI=1S/C18H24N4O/c23-17(22-11-8-18(9-12-22)7-10-19-13-18)6-5-16-20-14-3-1-2-4-15(14)21-16/h1-4,19H,5-13H2,(H,20,21). The summed E-state index contributed by atoms with van der Waals surface area (Å²) in [5.41, 5.74) is 2.49. The first kappa shape index (κ1) is 14.7. The number of aryl methyl sites for hydroxylation is 1. The zero-order valence-corrected chi connectivity index (χ0v) is 13.5. The van der Waals surface area contributed by atoms with Gasteiger partial charge in [0.05, 0.1) is 11.0 Å². The highest BCUT2D eigenvalue weighted by Crippen LogP contribution is 2.37. The van der Waals surface area contributed by atoms with Gasteiger partial charge in [-0.1, -0.05) is 12.1 Å². The van der Waals surface area contributed by atoms with Crippen LogP contribution in [0.4, 0.5) is 0 Å². The van der Waals surface area contributed by atoms with Gasteiger partial charge in [0.1, 0.15) is 5.82 Å². The van der Waals surface area contributed by atoms with Gasteiger partial charge in [0.15, 0.2) is 0 Å². The maximum Gasteiger partial charge on any atom is 0.223 e. The zero-order chi connectivity index (χ0) is 15.7. The first-order valence-corrected chi connectivity index (χ1v) is 8.66. The van der Waals surface area contributed by atoms with Crippen LogP contribution in [0.15, 0.2) is 24.3 Å². The maximum atomic E-state index is 12.5. The Morgan fingerprint density at radius 3 is 2.78 bits per heavy atom. The minimum Gasteiger partial charge on any atom is -0.343 e. The van der Waals surface area contributed by atoms with Crippen LogP contribution in [0.5, 0.6) is 0 Å². The number of fused-ring (bicyclic) bond motifs is 1. The van der Waals surface area contributed by atoms with Crippen LogP contribution in [-0.2, 0) is 11.2 Å². The van der Waals surface area contributed by atoms with Crippen LogP contribution in [0.25, 0.3) is 11.0 Å². The maximum absolute atomic E-state index is 12.5. The van der Waals surface area contributed by atoms with E-state index in [2.05, 4.69) is 15.3 Å². The van der Waals surface area contributed by atoms with Crippen LogP contribution in [0.3, 0.4) is 0 Å². The van der Waals surface area contributed by atoms with E-state index in [-0.39, 0.29) is 5.91 Å². The fraction of sp³-hybridized carbons (Fsp3) is 0.556. The van der Waals surface area contributed by atoms with Gasteiger partial charge in [0.25, 0.3) is 0 Å². The van der Waals surface area contributed by atoms with Crippen LogP contribution in [-0.4, -0.2) is 47.0 Å². The topological polar surface area (TPSA) is 61.0 Å². The monoisotopic (exact) mass is 312 g/mol. The molecule has 0 aliphatic carbocycles. The minimum atomic E-state index is 0.270. The molecule has 4 rings (SSSR count). The summed E-state index contributed by atoms with van der Waals surface area (Å²) in [6, 6.07) is 8.00. The SMILES string of the molecule is O=C(CCc1nc2ccccc2[nH]1)N1CCC2(CCNC2)CC1. The number of likely N-dealkylation sites (tertiary alicyclic amines) is 1. The molecule has 5 heteroatoms. The highest BCUT2D eigenvalue weighted by molar-refractivity contribution is 5.77. The average Bonchev–Trinajstić information content (AvgIpc) is 3.20. The number of hydrogen-bond acceptors (Lipinski definition) is 3. The van der Waals surface area contributed by atoms with Crippen molar-refractivity contribution in [1.29, 1.82) is 0 Å². The van der Waals surface area contributed by atoms with E-state index < -0.39 is 0 Å². The highest BCUT2D eigenvalue weighted by atomic mass is 16.2. The molecule has 0 radical (unpaired) electrons. The third-order valence-corrected chi connectivity index (χ3v) is 5.52. The number of hydrogen-bond donors (Lipinski definition) is 2. The number of piperidine rings is 1. The lowest BCUT2D eigenvalue weighted by Crippen LogP contribution is -2.44.